The van der Waals surface area contributed by atoms with Gasteiger partial charge in [0.05, 0.1) is 5.56 Å². The number of fused-ring (bicyclic) bond motifs is 2. The van der Waals surface area contributed by atoms with Crippen molar-refractivity contribution in [2.45, 2.75) is 64.1 Å². The van der Waals surface area contributed by atoms with Gasteiger partial charge in [0.15, 0.2) is 5.78 Å². The van der Waals surface area contributed by atoms with Gasteiger partial charge in [0.1, 0.15) is 5.82 Å². The number of benzene rings is 1. The predicted octanol–water partition coefficient (Wildman–Crippen LogP) is 3.13. The fourth-order valence-electron chi connectivity index (χ4n) is 4.99. The molecule has 1 aromatic carbocycles. The first-order valence-corrected chi connectivity index (χ1v) is 11.6. The van der Waals surface area contributed by atoms with E-state index in [1.807, 2.05) is 19.1 Å². The van der Waals surface area contributed by atoms with E-state index in [4.69, 9.17) is 5.73 Å². The Morgan fingerprint density at radius 3 is 2.36 bits per heavy atom. The molecule has 3 heterocycles. The zero-order valence-corrected chi connectivity index (χ0v) is 19.1. The molecule has 1 unspecified atom stereocenters. The molecule has 2 aliphatic rings. The third-order valence-corrected chi connectivity index (χ3v) is 6.60. The standard InChI is InChI=1S/C25H31N5O3/c1-3-10-27-22-11-16(4-8-21(22)24(26)32)25(33)29-18-12-19-6-7-20(13-18)30(19)23-9-5-17(14-28-23)15(2)31/h4-5,8-9,11,14,18-20,27H,3,6-7,10,12-13H2,1-2H3,(H2,26,32)(H,29,33)/t18?,19-,20+. The van der Waals surface area contributed by atoms with Gasteiger partial charge in [-0.15, -0.1) is 0 Å². The zero-order valence-electron chi connectivity index (χ0n) is 19.1. The lowest BCUT2D eigenvalue weighted by atomic mass is 9.96. The summed E-state index contributed by atoms with van der Waals surface area (Å²) in [6, 6.07) is 9.41. The second-order valence-corrected chi connectivity index (χ2v) is 8.95. The lowest BCUT2D eigenvalue weighted by Gasteiger charge is -2.40. The number of carbonyl (C=O) groups is 3. The van der Waals surface area contributed by atoms with Crippen molar-refractivity contribution in [2.75, 3.05) is 16.8 Å². The maximum absolute atomic E-state index is 13.0. The molecule has 8 nitrogen and oxygen atoms in total. The third kappa shape index (κ3) is 4.84. The number of aromatic nitrogens is 1. The van der Waals surface area contributed by atoms with Crippen LogP contribution in [0, 0.1) is 0 Å². The van der Waals surface area contributed by atoms with Crippen LogP contribution in [-0.2, 0) is 0 Å². The van der Waals surface area contributed by atoms with Gasteiger partial charge in [-0.25, -0.2) is 4.98 Å². The molecule has 2 fully saturated rings. The Morgan fingerprint density at radius 2 is 1.79 bits per heavy atom. The van der Waals surface area contributed by atoms with Crippen molar-refractivity contribution in [3.8, 4) is 0 Å². The number of carbonyl (C=O) groups excluding carboxylic acids is 3. The molecule has 2 aliphatic heterocycles. The Bertz CT molecular complexity index is 1040. The number of primary amides is 1. The molecule has 2 bridgehead atoms. The van der Waals surface area contributed by atoms with E-state index < -0.39 is 5.91 Å². The number of pyridine rings is 1. The van der Waals surface area contributed by atoms with Crippen LogP contribution in [0.25, 0.3) is 0 Å². The lowest BCUT2D eigenvalue weighted by molar-refractivity contribution is 0.0924. The Hall–Kier alpha value is -3.42. The molecule has 2 saturated heterocycles. The van der Waals surface area contributed by atoms with Gasteiger partial charge in [0.25, 0.3) is 11.8 Å². The van der Waals surface area contributed by atoms with Crippen LogP contribution >= 0.6 is 0 Å². The van der Waals surface area contributed by atoms with Crippen molar-refractivity contribution >= 4 is 29.1 Å². The number of ketones is 1. The highest BCUT2D eigenvalue weighted by Gasteiger charge is 2.41. The number of rotatable bonds is 8. The second kappa shape index (κ2) is 9.60. The average Bonchev–Trinajstić information content (AvgIpc) is 3.07. The van der Waals surface area contributed by atoms with Gasteiger partial charge >= 0.3 is 0 Å². The number of nitrogens with one attached hydrogen (secondary N) is 2. The highest BCUT2D eigenvalue weighted by molar-refractivity contribution is 6.02. The molecule has 174 valence electrons. The van der Waals surface area contributed by atoms with E-state index in [0.717, 1.165) is 37.9 Å². The molecule has 2 amide bonds. The summed E-state index contributed by atoms with van der Waals surface area (Å²) in [5.41, 5.74) is 7.57. The summed E-state index contributed by atoms with van der Waals surface area (Å²) in [5.74, 6) is 0.239. The molecular weight excluding hydrogens is 418 g/mol. The number of Topliss-reactive ketones (excluding diaryl/α,β-unsaturated/α-hetero) is 1. The Kier molecular flexibility index (Phi) is 6.62. The van der Waals surface area contributed by atoms with Crippen LogP contribution in [0.1, 0.15) is 77.0 Å². The van der Waals surface area contributed by atoms with E-state index in [0.29, 0.717) is 41.0 Å². The number of piperidine rings is 1. The number of nitrogens with zero attached hydrogens (tertiary/aromatic N) is 2. The van der Waals surface area contributed by atoms with Crippen LogP contribution in [-0.4, -0.2) is 47.3 Å². The monoisotopic (exact) mass is 449 g/mol. The Balaban J connectivity index is 1.43. The van der Waals surface area contributed by atoms with Crippen molar-refractivity contribution < 1.29 is 14.4 Å². The summed E-state index contributed by atoms with van der Waals surface area (Å²) >= 11 is 0. The molecule has 33 heavy (non-hydrogen) atoms. The summed E-state index contributed by atoms with van der Waals surface area (Å²) < 4.78 is 0. The largest absolute Gasteiger partial charge is 0.384 e. The van der Waals surface area contributed by atoms with Crippen molar-refractivity contribution in [3.05, 3.63) is 53.2 Å². The van der Waals surface area contributed by atoms with Crippen LogP contribution in [0.15, 0.2) is 36.5 Å². The minimum absolute atomic E-state index is 0.00959. The first-order valence-electron chi connectivity index (χ1n) is 11.6. The molecule has 8 heteroatoms. The number of hydrogen-bond donors (Lipinski definition) is 3. The lowest BCUT2D eigenvalue weighted by Crippen LogP contribution is -2.50. The number of anilines is 2. The summed E-state index contributed by atoms with van der Waals surface area (Å²) in [6.07, 6.45) is 6.35. The van der Waals surface area contributed by atoms with Crippen LogP contribution < -0.4 is 21.3 Å². The third-order valence-electron chi connectivity index (χ3n) is 6.60. The van der Waals surface area contributed by atoms with Gasteiger partial charge in [0, 0.05) is 47.7 Å². The first kappa shape index (κ1) is 22.8. The number of amides is 2. The average molecular weight is 450 g/mol. The summed E-state index contributed by atoms with van der Waals surface area (Å²) in [7, 11) is 0. The van der Waals surface area contributed by atoms with Gasteiger partial charge in [-0.2, -0.15) is 0 Å². The van der Waals surface area contributed by atoms with Crippen molar-refractivity contribution in [3.63, 3.8) is 0 Å². The smallest absolute Gasteiger partial charge is 0.251 e. The topological polar surface area (TPSA) is 117 Å². The predicted molar refractivity (Wildman–Crippen MR) is 128 cm³/mol. The molecule has 1 aromatic heterocycles. The Labute approximate surface area is 193 Å². The highest BCUT2D eigenvalue weighted by atomic mass is 16.2. The van der Waals surface area contributed by atoms with Crippen LogP contribution in [0.5, 0.6) is 0 Å². The van der Waals surface area contributed by atoms with Crippen molar-refractivity contribution in [1.29, 1.82) is 0 Å². The molecule has 3 atom stereocenters. The van der Waals surface area contributed by atoms with Crippen LogP contribution in [0.4, 0.5) is 11.5 Å². The molecule has 2 aromatic rings. The van der Waals surface area contributed by atoms with E-state index in [-0.39, 0.29) is 17.7 Å². The summed E-state index contributed by atoms with van der Waals surface area (Å²) in [4.78, 5) is 43.1. The fourth-order valence-corrected chi connectivity index (χ4v) is 4.99. The first-order chi connectivity index (χ1) is 15.9. The van der Waals surface area contributed by atoms with Gasteiger partial charge < -0.3 is 21.3 Å². The highest BCUT2D eigenvalue weighted by Crippen LogP contribution is 2.38. The van der Waals surface area contributed by atoms with E-state index in [2.05, 4.69) is 20.5 Å². The summed E-state index contributed by atoms with van der Waals surface area (Å²) in [5, 5.41) is 6.38. The SMILES string of the molecule is CCCNc1cc(C(=O)NC2C[C@H]3CC[C@@H](C2)N3c2ccc(C(C)=O)cn2)ccc1C(N)=O. The minimum Gasteiger partial charge on any atom is -0.384 e. The van der Waals surface area contributed by atoms with Crippen molar-refractivity contribution in [2.24, 2.45) is 5.73 Å². The van der Waals surface area contributed by atoms with Gasteiger partial charge in [0.2, 0.25) is 0 Å². The number of nitrogens with two attached hydrogens (primary N) is 1. The Morgan fingerprint density at radius 1 is 1.09 bits per heavy atom. The molecule has 4 rings (SSSR count). The normalized spacial score (nSPS) is 21.5. The zero-order chi connectivity index (χ0) is 23.5. The maximum Gasteiger partial charge on any atom is 0.251 e. The van der Waals surface area contributed by atoms with E-state index in [1.54, 1.807) is 31.3 Å². The van der Waals surface area contributed by atoms with E-state index >= 15 is 0 Å². The van der Waals surface area contributed by atoms with Crippen molar-refractivity contribution in [1.82, 2.24) is 10.3 Å². The van der Waals surface area contributed by atoms with Crippen LogP contribution in [0.3, 0.4) is 0 Å². The van der Waals surface area contributed by atoms with Crippen LogP contribution in [0.2, 0.25) is 0 Å². The molecule has 0 saturated carbocycles. The quantitative estimate of drug-likeness (QED) is 0.533. The van der Waals surface area contributed by atoms with E-state index in [1.165, 1.54) is 0 Å². The van der Waals surface area contributed by atoms with Gasteiger partial charge in [-0.1, -0.05) is 6.92 Å². The molecule has 0 spiro atoms. The van der Waals surface area contributed by atoms with E-state index in [9.17, 15) is 14.4 Å². The molecule has 0 radical (unpaired) electrons. The second-order valence-electron chi connectivity index (χ2n) is 8.95. The molecule has 0 aliphatic carbocycles. The minimum atomic E-state index is -0.519. The summed E-state index contributed by atoms with van der Waals surface area (Å²) in [6.45, 7) is 4.26. The van der Waals surface area contributed by atoms with Gasteiger partial charge in [-0.3, -0.25) is 14.4 Å². The van der Waals surface area contributed by atoms with Gasteiger partial charge in [-0.05, 0) is 69.4 Å². The molecule has 4 N–H and O–H groups in total. The fraction of sp³-hybridized carbons (Fsp3) is 0.440. The molecular formula is C25H31N5O3. The number of hydrogen-bond acceptors (Lipinski definition) is 6. The maximum atomic E-state index is 13.0.